The number of hydrogen-bond acceptors (Lipinski definition) is 6. The predicted octanol–water partition coefficient (Wildman–Crippen LogP) is 4.98. The number of benzene rings is 2. The number of phenols is 1. The Morgan fingerprint density at radius 1 is 1.21 bits per heavy atom. The van der Waals surface area contributed by atoms with Crippen LogP contribution < -0.4 is 9.47 Å². The SMILES string of the molecule is CCOc1cc(Br)cc(/C=C2\SC(=O)N(CCOc3cccc(C)c3)C2=O)c1O. The van der Waals surface area contributed by atoms with Gasteiger partial charge < -0.3 is 14.6 Å². The second-order valence-corrected chi connectivity index (χ2v) is 8.18. The van der Waals surface area contributed by atoms with Gasteiger partial charge in [-0.1, -0.05) is 28.1 Å². The van der Waals surface area contributed by atoms with E-state index in [9.17, 15) is 14.7 Å². The first-order chi connectivity index (χ1) is 13.9. The highest BCUT2D eigenvalue weighted by molar-refractivity contribution is 9.10. The van der Waals surface area contributed by atoms with Gasteiger partial charge in [-0.15, -0.1) is 0 Å². The summed E-state index contributed by atoms with van der Waals surface area (Å²) in [6.07, 6.45) is 1.49. The average molecular weight is 478 g/mol. The zero-order valence-corrected chi connectivity index (χ0v) is 18.4. The van der Waals surface area contributed by atoms with E-state index >= 15 is 0 Å². The van der Waals surface area contributed by atoms with E-state index in [0.717, 1.165) is 22.2 Å². The molecule has 6 nitrogen and oxygen atoms in total. The van der Waals surface area contributed by atoms with Crippen LogP contribution in [0.5, 0.6) is 17.2 Å². The van der Waals surface area contributed by atoms with Gasteiger partial charge in [-0.25, -0.2) is 0 Å². The molecule has 0 radical (unpaired) electrons. The lowest BCUT2D eigenvalue weighted by Gasteiger charge is -2.13. The molecule has 1 saturated heterocycles. The predicted molar refractivity (Wildman–Crippen MR) is 116 cm³/mol. The third-order valence-electron chi connectivity index (χ3n) is 4.10. The van der Waals surface area contributed by atoms with Gasteiger partial charge in [0, 0.05) is 10.0 Å². The molecular formula is C21H20BrNO5S. The van der Waals surface area contributed by atoms with Crippen molar-refractivity contribution in [2.24, 2.45) is 0 Å². The van der Waals surface area contributed by atoms with E-state index in [1.54, 1.807) is 12.1 Å². The molecule has 0 bridgehead atoms. The number of amides is 2. The highest BCUT2D eigenvalue weighted by atomic mass is 79.9. The molecule has 2 aromatic carbocycles. The number of aryl methyl sites for hydroxylation is 1. The Bertz CT molecular complexity index is 976. The molecule has 29 heavy (non-hydrogen) atoms. The van der Waals surface area contributed by atoms with Gasteiger partial charge in [0.15, 0.2) is 11.5 Å². The van der Waals surface area contributed by atoms with Crippen molar-refractivity contribution in [2.45, 2.75) is 13.8 Å². The molecule has 0 spiro atoms. The zero-order valence-electron chi connectivity index (χ0n) is 16.0. The highest BCUT2D eigenvalue weighted by Crippen LogP contribution is 2.38. The maximum atomic E-state index is 12.7. The molecule has 0 atom stereocenters. The number of aromatic hydroxyl groups is 1. The van der Waals surface area contributed by atoms with Gasteiger partial charge in [-0.05, 0) is 61.5 Å². The Labute approximate surface area is 181 Å². The fourth-order valence-electron chi connectivity index (χ4n) is 2.76. The average Bonchev–Trinajstić information content (AvgIpc) is 2.93. The molecule has 152 valence electrons. The summed E-state index contributed by atoms with van der Waals surface area (Å²) in [5, 5.41) is 10.0. The lowest BCUT2D eigenvalue weighted by molar-refractivity contribution is -0.123. The number of ether oxygens (including phenoxy) is 2. The van der Waals surface area contributed by atoms with Gasteiger partial charge in [0.1, 0.15) is 12.4 Å². The topological polar surface area (TPSA) is 76.1 Å². The van der Waals surface area contributed by atoms with Crippen molar-refractivity contribution in [3.8, 4) is 17.2 Å². The maximum absolute atomic E-state index is 12.7. The molecule has 0 saturated carbocycles. The van der Waals surface area contributed by atoms with E-state index in [0.29, 0.717) is 28.1 Å². The Morgan fingerprint density at radius 2 is 2.00 bits per heavy atom. The maximum Gasteiger partial charge on any atom is 0.293 e. The summed E-state index contributed by atoms with van der Waals surface area (Å²) >= 11 is 4.20. The summed E-state index contributed by atoms with van der Waals surface area (Å²) in [7, 11) is 0. The summed E-state index contributed by atoms with van der Waals surface area (Å²) in [5.74, 6) is 0.503. The fraction of sp³-hybridized carbons (Fsp3) is 0.238. The van der Waals surface area contributed by atoms with E-state index < -0.39 is 5.91 Å². The number of phenolic OH excluding ortho intramolecular Hbond substituents is 1. The van der Waals surface area contributed by atoms with Crippen LogP contribution in [-0.4, -0.2) is 40.9 Å². The van der Waals surface area contributed by atoms with Gasteiger partial charge in [-0.3, -0.25) is 14.5 Å². The lowest BCUT2D eigenvalue weighted by atomic mass is 10.1. The quantitative estimate of drug-likeness (QED) is 0.566. The van der Waals surface area contributed by atoms with Crippen LogP contribution in [0.25, 0.3) is 6.08 Å². The third kappa shape index (κ3) is 5.13. The number of hydrogen-bond donors (Lipinski definition) is 1. The fourth-order valence-corrected chi connectivity index (χ4v) is 4.07. The largest absolute Gasteiger partial charge is 0.504 e. The van der Waals surface area contributed by atoms with Crippen molar-refractivity contribution in [1.29, 1.82) is 0 Å². The summed E-state index contributed by atoms with van der Waals surface area (Å²) in [6, 6.07) is 10.9. The summed E-state index contributed by atoms with van der Waals surface area (Å²) in [4.78, 5) is 26.3. The number of halogens is 1. The molecule has 8 heteroatoms. The smallest absolute Gasteiger partial charge is 0.293 e. The molecule has 2 aromatic rings. The Balaban J connectivity index is 1.71. The number of thioether (sulfide) groups is 1. The Kier molecular flexibility index (Phi) is 6.87. The number of carbonyl (C=O) groups excluding carboxylic acids is 2. The molecule has 1 aliphatic rings. The molecule has 0 unspecified atom stereocenters. The van der Waals surface area contributed by atoms with E-state index in [2.05, 4.69) is 15.9 Å². The Morgan fingerprint density at radius 3 is 2.72 bits per heavy atom. The Hall–Kier alpha value is -2.45. The zero-order chi connectivity index (χ0) is 21.0. The summed E-state index contributed by atoms with van der Waals surface area (Å²) < 4.78 is 11.7. The molecule has 0 aliphatic carbocycles. The minimum atomic E-state index is -0.412. The van der Waals surface area contributed by atoms with Crippen LogP contribution in [0.3, 0.4) is 0 Å². The first kappa shape index (κ1) is 21.3. The van der Waals surface area contributed by atoms with Gasteiger partial charge in [-0.2, -0.15) is 0 Å². The first-order valence-corrected chi connectivity index (χ1v) is 10.6. The van der Waals surface area contributed by atoms with Crippen molar-refractivity contribution in [2.75, 3.05) is 19.8 Å². The van der Waals surface area contributed by atoms with Crippen LogP contribution in [-0.2, 0) is 4.79 Å². The van der Waals surface area contributed by atoms with Crippen molar-refractivity contribution in [3.05, 3.63) is 56.9 Å². The molecule has 1 fully saturated rings. The number of carbonyl (C=O) groups is 2. The monoisotopic (exact) mass is 477 g/mol. The van der Waals surface area contributed by atoms with Gasteiger partial charge >= 0.3 is 0 Å². The number of nitrogens with zero attached hydrogens (tertiary/aromatic N) is 1. The van der Waals surface area contributed by atoms with Crippen molar-refractivity contribution >= 4 is 44.9 Å². The van der Waals surface area contributed by atoms with Crippen LogP contribution in [0.1, 0.15) is 18.1 Å². The molecule has 1 heterocycles. The minimum Gasteiger partial charge on any atom is -0.504 e. The van der Waals surface area contributed by atoms with Crippen molar-refractivity contribution in [1.82, 2.24) is 4.90 Å². The van der Waals surface area contributed by atoms with Crippen LogP contribution in [0.15, 0.2) is 45.8 Å². The second kappa shape index (κ2) is 9.37. The van der Waals surface area contributed by atoms with Gasteiger partial charge in [0.05, 0.1) is 18.1 Å². The van der Waals surface area contributed by atoms with Crippen molar-refractivity contribution in [3.63, 3.8) is 0 Å². The van der Waals surface area contributed by atoms with E-state index in [-0.39, 0.29) is 29.0 Å². The normalized spacial score (nSPS) is 15.3. The highest BCUT2D eigenvalue weighted by Gasteiger charge is 2.35. The van der Waals surface area contributed by atoms with Crippen LogP contribution in [0.2, 0.25) is 0 Å². The molecule has 1 aliphatic heterocycles. The molecule has 3 rings (SSSR count). The van der Waals surface area contributed by atoms with Gasteiger partial charge in [0.2, 0.25) is 0 Å². The minimum absolute atomic E-state index is 0.0790. The standard InChI is InChI=1S/C21H20BrNO5S/c1-3-27-17-12-15(22)10-14(19(17)24)11-18-20(25)23(21(26)29-18)7-8-28-16-6-4-5-13(2)9-16/h4-6,9-12,24H,3,7-8H2,1-2H3/b18-11-. The second-order valence-electron chi connectivity index (χ2n) is 6.27. The van der Waals surface area contributed by atoms with E-state index in [1.165, 1.54) is 6.08 Å². The molecular weight excluding hydrogens is 458 g/mol. The van der Waals surface area contributed by atoms with E-state index in [1.807, 2.05) is 38.1 Å². The first-order valence-electron chi connectivity index (χ1n) is 8.99. The van der Waals surface area contributed by atoms with Crippen LogP contribution >= 0.6 is 27.7 Å². The lowest BCUT2D eigenvalue weighted by Crippen LogP contribution is -2.32. The van der Waals surface area contributed by atoms with Crippen LogP contribution in [0, 0.1) is 6.92 Å². The number of imide groups is 1. The summed E-state index contributed by atoms with van der Waals surface area (Å²) in [6.45, 7) is 4.50. The third-order valence-corrected chi connectivity index (χ3v) is 5.47. The molecule has 1 N–H and O–H groups in total. The van der Waals surface area contributed by atoms with Crippen molar-refractivity contribution < 1.29 is 24.2 Å². The van der Waals surface area contributed by atoms with Crippen LogP contribution in [0.4, 0.5) is 4.79 Å². The molecule has 0 aromatic heterocycles. The number of rotatable bonds is 7. The van der Waals surface area contributed by atoms with E-state index in [4.69, 9.17) is 9.47 Å². The summed E-state index contributed by atoms with van der Waals surface area (Å²) in [5.41, 5.74) is 1.46. The van der Waals surface area contributed by atoms with Gasteiger partial charge in [0.25, 0.3) is 11.1 Å². The molecule has 2 amide bonds.